The van der Waals surface area contributed by atoms with Crippen LogP contribution in [-0.4, -0.2) is 11.8 Å². The highest BCUT2D eigenvalue weighted by molar-refractivity contribution is 7.99. The predicted octanol–water partition coefficient (Wildman–Crippen LogP) is 2.05. The van der Waals surface area contributed by atoms with E-state index >= 15 is 0 Å². The molecule has 0 radical (unpaired) electrons. The van der Waals surface area contributed by atoms with Gasteiger partial charge in [0.25, 0.3) is 0 Å². The molecule has 0 aliphatic rings. The first-order valence-electron chi connectivity index (χ1n) is 1.98. The first-order chi connectivity index (χ1) is 2.81. The highest BCUT2D eigenvalue weighted by Gasteiger charge is 1.94. The van der Waals surface area contributed by atoms with Gasteiger partial charge in [-0.2, -0.15) is 0 Å². The molecular weight excluding hydrogens is 99.1 g/mol. The van der Waals surface area contributed by atoms with Crippen LogP contribution in [0.25, 0.3) is 0 Å². The molecule has 0 saturated heterocycles. The number of hydrogen-bond acceptors (Lipinski definition) is 1. The molecule has 0 aliphatic carbocycles. The van der Waals surface area contributed by atoms with Gasteiger partial charge in [-0.15, -0.1) is 11.8 Å². The number of alkyl halides is 1. The number of halogens is 1. The van der Waals surface area contributed by atoms with Crippen LogP contribution in [0.15, 0.2) is 0 Å². The van der Waals surface area contributed by atoms with Crippen molar-refractivity contribution in [1.82, 2.24) is 0 Å². The maximum Gasteiger partial charge on any atom is 0.145 e. The van der Waals surface area contributed by atoms with Crippen molar-refractivity contribution in [2.24, 2.45) is 0 Å². The Labute approximate surface area is 42.1 Å². The van der Waals surface area contributed by atoms with Gasteiger partial charge in [0, 0.05) is 0 Å². The Morgan fingerprint density at radius 2 is 2.33 bits per heavy atom. The van der Waals surface area contributed by atoms with Crippen LogP contribution < -0.4 is 0 Å². The van der Waals surface area contributed by atoms with E-state index in [9.17, 15) is 4.39 Å². The third-order valence-corrected chi connectivity index (χ3v) is 1.42. The second kappa shape index (κ2) is 3.47. The molecule has 0 aromatic carbocycles. The van der Waals surface area contributed by atoms with Crippen molar-refractivity contribution in [3.8, 4) is 0 Å². The summed E-state index contributed by atoms with van der Waals surface area (Å²) in [5, 5.41) is 0. The molecule has 0 fully saturated rings. The summed E-state index contributed by atoms with van der Waals surface area (Å²) in [4.78, 5) is 0. The van der Waals surface area contributed by atoms with E-state index in [0.717, 1.165) is 0 Å². The lowest BCUT2D eigenvalue weighted by Gasteiger charge is -1.94. The quantitative estimate of drug-likeness (QED) is 0.521. The van der Waals surface area contributed by atoms with E-state index in [-0.39, 0.29) is 0 Å². The second-order valence-corrected chi connectivity index (χ2v) is 2.04. The number of thioether (sulfide) groups is 1. The zero-order chi connectivity index (χ0) is 4.99. The molecule has 0 spiro atoms. The maximum atomic E-state index is 11.8. The summed E-state index contributed by atoms with van der Waals surface area (Å²) in [5.74, 6) is 0. The summed E-state index contributed by atoms with van der Waals surface area (Å²) < 4.78 is 11.8. The SMILES string of the molecule is CC[C@H](F)SC. The third-order valence-electron chi connectivity index (χ3n) is 0.577. The fourth-order valence-corrected chi connectivity index (χ4v) is 0.500. The molecule has 0 nitrogen and oxygen atoms in total. The van der Waals surface area contributed by atoms with Gasteiger partial charge < -0.3 is 0 Å². The largest absolute Gasteiger partial charge is 0.236 e. The summed E-state index contributed by atoms with van der Waals surface area (Å²) >= 11 is 1.26. The molecule has 0 aromatic heterocycles. The molecular formula is C4H9FS. The van der Waals surface area contributed by atoms with Gasteiger partial charge in [0.2, 0.25) is 0 Å². The molecule has 1 atom stereocenters. The Balaban J connectivity index is 2.75. The zero-order valence-corrected chi connectivity index (χ0v) is 4.89. The molecule has 6 heavy (non-hydrogen) atoms. The molecule has 2 heteroatoms. The Morgan fingerprint density at radius 1 is 1.83 bits per heavy atom. The van der Waals surface area contributed by atoms with Crippen LogP contribution in [0.1, 0.15) is 13.3 Å². The van der Waals surface area contributed by atoms with Crippen LogP contribution >= 0.6 is 11.8 Å². The van der Waals surface area contributed by atoms with E-state index in [1.165, 1.54) is 11.8 Å². The Bertz CT molecular complexity index is 26.7. The van der Waals surface area contributed by atoms with Crippen molar-refractivity contribution in [2.75, 3.05) is 6.26 Å². The first kappa shape index (κ1) is 6.28. The van der Waals surface area contributed by atoms with Crippen LogP contribution in [0.2, 0.25) is 0 Å². The number of rotatable bonds is 2. The van der Waals surface area contributed by atoms with Gasteiger partial charge in [0.1, 0.15) is 5.50 Å². The van der Waals surface area contributed by atoms with Gasteiger partial charge in [-0.05, 0) is 12.7 Å². The first-order valence-corrected chi connectivity index (χ1v) is 3.27. The average molecular weight is 108 g/mol. The van der Waals surface area contributed by atoms with Crippen molar-refractivity contribution >= 4 is 11.8 Å². The Morgan fingerprint density at radius 3 is 2.33 bits per heavy atom. The molecule has 0 bridgehead atoms. The highest BCUT2D eigenvalue weighted by Crippen LogP contribution is 2.09. The molecule has 0 rings (SSSR count). The Kier molecular flexibility index (Phi) is 3.63. The van der Waals surface area contributed by atoms with Crippen LogP contribution in [0, 0.1) is 0 Å². The summed E-state index contributed by atoms with van der Waals surface area (Å²) in [5.41, 5.74) is -0.648. The standard InChI is InChI=1S/C4H9FS/c1-3-4(5)6-2/h4H,3H2,1-2H3/t4-/m1/s1. The molecule has 38 valence electrons. The topological polar surface area (TPSA) is 0 Å². The monoisotopic (exact) mass is 108 g/mol. The summed E-state index contributed by atoms with van der Waals surface area (Å²) in [7, 11) is 0. The lowest BCUT2D eigenvalue weighted by Crippen LogP contribution is -1.85. The van der Waals surface area contributed by atoms with E-state index in [0.29, 0.717) is 6.42 Å². The van der Waals surface area contributed by atoms with Crippen molar-refractivity contribution < 1.29 is 4.39 Å². The van der Waals surface area contributed by atoms with Crippen LogP contribution in [0.3, 0.4) is 0 Å². The van der Waals surface area contributed by atoms with E-state index in [1.807, 2.05) is 6.92 Å². The summed E-state index contributed by atoms with van der Waals surface area (Å²) in [6.45, 7) is 1.83. The van der Waals surface area contributed by atoms with E-state index in [2.05, 4.69) is 0 Å². The molecule has 0 saturated carbocycles. The molecule has 0 heterocycles. The van der Waals surface area contributed by atoms with Crippen LogP contribution in [0.4, 0.5) is 4.39 Å². The van der Waals surface area contributed by atoms with Gasteiger partial charge in [-0.1, -0.05) is 6.92 Å². The molecule has 0 aromatic rings. The lowest BCUT2D eigenvalue weighted by atomic mass is 10.6. The van der Waals surface area contributed by atoms with Crippen molar-refractivity contribution in [3.63, 3.8) is 0 Å². The lowest BCUT2D eigenvalue weighted by molar-refractivity contribution is 0.444. The highest BCUT2D eigenvalue weighted by atomic mass is 32.2. The summed E-state index contributed by atoms with van der Waals surface area (Å²) in [6, 6.07) is 0. The summed E-state index contributed by atoms with van der Waals surface area (Å²) in [6.07, 6.45) is 2.40. The normalized spacial score (nSPS) is 14.5. The van der Waals surface area contributed by atoms with Gasteiger partial charge in [0.05, 0.1) is 0 Å². The molecule has 0 aliphatic heterocycles. The van der Waals surface area contributed by atoms with Gasteiger partial charge in [-0.3, -0.25) is 0 Å². The van der Waals surface area contributed by atoms with Crippen LogP contribution in [-0.2, 0) is 0 Å². The molecule has 0 N–H and O–H groups in total. The number of hydrogen-bond donors (Lipinski definition) is 0. The van der Waals surface area contributed by atoms with Crippen molar-refractivity contribution in [1.29, 1.82) is 0 Å². The fraction of sp³-hybridized carbons (Fsp3) is 1.00. The Hall–Kier alpha value is 0.280. The smallest absolute Gasteiger partial charge is 0.145 e. The van der Waals surface area contributed by atoms with Crippen molar-refractivity contribution in [3.05, 3.63) is 0 Å². The maximum absolute atomic E-state index is 11.8. The third kappa shape index (κ3) is 2.51. The van der Waals surface area contributed by atoms with E-state index in [4.69, 9.17) is 0 Å². The average Bonchev–Trinajstić information content (AvgIpc) is 1.65. The van der Waals surface area contributed by atoms with Gasteiger partial charge in [0.15, 0.2) is 0 Å². The minimum absolute atomic E-state index is 0.626. The van der Waals surface area contributed by atoms with E-state index in [1.54, 1.807) is 6.26 Å². The zero-order valence-electron chi connectivity index (χ0n) is 4.07. The van der Waals surface area contributed by atoms with Crippen molar-refractivity contribution in [2.45, 2.75) is 18.8 Å². The van der Waals surface area contributed by atoms with Gasteiger partial charge >= 0.3 is 0 Å². The predicted molar refractivity (Wildman–Crippen MR) is 28.7 cm³/mol. The minimum atomic E-state index is -0.648. The fourth-order valence-electron chi connectivity index (χ4n) is 0.167. The minimum Gasteiger partial charge on any atom is -0.236 e. The van der Waals surface area contributed by atoms with Gasteiger partial charge in [-0.25, -0.2) is 4.39 Å². The second-order valence-electron chi connectivity index (χ2n) is 1.05. The van der Waals surface area contributed by atoms with E-state index < -0.39 is 5.50 Å². The molecule has 0 unspecified atom stereocenters. The van der Waals surface area contributed by atoms with Crippen LogP contribution in [0.5, 0.6) is 0 Å². The molecule has 0 amide bonds.